The summed E-state index contributed by atoms with van der Waals surface area (Å²) in [5, 5.41) is 17.9. The minimum Gasteiger partial charge on any atom is -0.307 e. The molecule has 1 aliphatic heterocycles. The van der Waals surface area contributed by atoms with Gasteiger partial charge in [-0.3, -0.25) is 0 Å². The summed E-state index contributed by atoms with van der Waals surface area (Å²) in [5.41, 5.74) is 0. The van der Waals surface area contributed by atoms with E-state index in [4.69, 9.17) is 0 Å². The van der Waals surface area contributed by atoms with Crippen molar-refractivity contribution >= 4 is 11.8 Å². The predicted molar refractivity (Wildman–Crippen MR) is 41.1 cm³/mol. The van der Waals surface area contributed by atoms with Crippen molar-refractivity contribution < 1.29 is 19.8 Å². The molecule has 0 aromatic heterocycles. The molecule has 13 heavy (non-hydrogen) atoms. The Morgan fingerprint density at radius 3 is 1.77 bits per heavy atom. The van der Waals surface area contributed by atoms with Gasteiger partial charge in [0.05, 0.1) is 0 Å². The van der Waals surface area contributed by atoms with Gasteiger partial charge in [0.2, 0.25) is 0 Å². The largest absolute Gasteiger partial charge is 0.307 e. The minimum absolute atomic E-state index is 0.333. The van der Waals surface area contributed by atoms with Crippen LogP contribution in [-0.4, -0.2) is 33.9 Å². The molecule has 74 valence electrons. The van der Waals surface area contributed by atoms with Gasteiger partial charge >= 0.3 is 0 Å². The van der Waals surface area contributed by atoms with Crippen LogP contribution >= 0.6 is 11.8 Å². The molecule has 1 aliphatic rings. The van der Waals surface area contributed by atoms with Gasteiger partial charge in [-0.2, -0.15) is 11.8 Å². The van der Waals surface area contributed by atoms with Gasteiger partial charge in [0.15, 0.2) is 0 Å². The molecular weight excluding hydrogens is 204 g/mol. The third-order valence-electron chi connectivity index (χ3n) is 1.42. The molecule has 9 heteroatoms. The molecule has 2 atom stereocenters. The monoisotopic (exact) mass is 210 g/mol. The van der Waals surface area contributed by atoms with Gasteiger partial charge in [0, 0.05) is 11.5 Å². The van der Waals surface area contributed by atoms with Crippen LogP contribution < -0.4 is 0 Å². The van der Waals surface area contributed by atoms with Crippen molar-refractivity contribution in [1.29, 1.82) is 0 Å². The van der Waals surface area contributed by atoms with Crippen LogP contribution in [0.5, 0.6) is 0 Å². The van der Waals surface area contributed by atoms with Crippen LogP contribution in [0.3, 0.4) is 0 Å². The number of thioether (sulfide) groups is 1. The summed E-state index contributed by atoms with van der Waals surface area (Å²) >= 11 is 1.32. The Morgan fingerprint density at radius 2 is 1.46 bits per heavy atom. The summed E-state index contributed by atoms with van der Waals surface area (Å²) in [6.07, 6.45) is -1.68. The van der Waals surface area contributed by atoms with Crippen molar-refractivity contribution in [2.75, 3.05) is 11.5 Å². The van der Waals surface area contributed by atoms with Crippen LogP contribution in [0.1, 0.15) is 0 Å². The molecule has 0 N–H and O–H groups in total. The molecule has 0 amide bonds. The second-order valence-electron chi connectivity index (χ2n) is 2.27. The predicted octanol–water partition coefficient (Wildman–Crippen LogP) is -0.113. The van der Waals surface area contributed by atoms with E-state index in [0.29, 0.717) is 11.5 Å². The van der Waals surface area contributed by atoms with E-state index in [1.54, 1.807) is 0 Å². The normalized spacial score (nSPS) is 26.8. The lowest BCUT2D eigenvalue weighted by atomic mass is 10.3. The molecule has 0 bridgehead atoms. The molecule has 1 rings (SSSR count). The second kappa shape index (κ2) is 4.12. The number of hydrogen-bond donors (Lipinski definition) is 0. The number of hydrogen-bond acceptors (Lipinski definition) is 7. The topological polar surface area (TPSA) is 105 Å². The smallest absolute Gasteiger partial charge is 0.294 e. The zero-order valence-corrected chi connectivity index (χ0v) is 7.14. The van der Waals surface area contributed by atoms with Gasteiger partial charge in [-0.15, -0.1) is 20.2 Å². The zero-order valence-electron chi connectivity index (χ0n) is 6.32. The van der Waals surface area contributed by atoms with E-state index in [9.17, 15) is 20.2 Å². The van der Waals surface area contributed by atoms with Crippen LogP contribution in [0.25, 0.3) is 0 Å². The molecule has 1 heterocycles. The zero-order chi connectivity index (χ0) is 9.84. The van der Waals surface area contributed by atoms with E-state index in [1.165, 1.54) is 11.8 Å². The third kappa shape index (κ3) is 2.93. The third-order valence-corrected chi connectivity index (χ3v) is 2.55. The van der Waals surface area contributed by atoms with Crippen LogP contribution in [0.2, 0.25) is 0 Å². The van der Waals surface area contributed by atoms with E-state index in [1.807, 2.05) is 0 Å². The second-order valence-corrected chi connectivity index (χ2v) is 3.35. The Balaban J connectivity index is 2.43. The van der Waals surface area contributed by atoms with Crippen molar-refractivity contribution in [3.8, 4) is 0 Å². The molecule has 0 saturated carbocycles. The van der Waals surface area contributed by atoms with E-state index >= 15 is 0 Å². The van der Waals surface area contributed by atoms with Crippen molar-refractivity contribution in [3.05, 3.63) is 20.2 Å². The first-order valence-electron chi connectivity index (χ1n) is 3.29. The molecular formula is C4H6N2O6S. The summed E-state index contributed by atoms with van der Waals surface area (Å²) < 4.78 is 0. The van der Waals surface area contributed by atoms with Crippen molar-refractivity contribution in [1.82, 2.24) is 0 Å². The first-order valence-corrected chi connectivity index (χ1v) is 4.45. The van der Waals surface area contributed by atoms with Gasteiger partial charge in [-0.1, -0.05) is 0 Å². The fraction of sp³-hybridized carbons (Fsp3) is 1.00. The molecule has 0 radical (unpaired) electrons. The first-order chi connectivity index (χ1) is 6.09. The number of nitrogens with zero attached hydrogens (tertiary/aromatic N) is 2. The average molecular weight is 210 g/mol. The molecule has 0 aliphatic carbocycles. The minimum atomic E-state index is -0.965. The van der Waals surface area contributed by atoms with E-state index in [0.717, 1.165) is 0 Å². The Kier molecular flexibility index (Phi) is 3.12. The molecule has 0 spiro atoms. The lowest BCUT2D eigenvalue weighted by Gasteiger charge is -2.13. The van der Waals surface area contributed by atoms with Crippen molar-refractivity contribution in [2.24, 2.45) is 0 Å². The first kappa shape index (κ1) is 9.84. The SMILES string of the molecule is O=[N+]([O-])OC1CSCC1O[N+](=O)[O-]. The van der Waals surface area contributed by atoms with Crippen molar-refractivity contribution in [3.63, 3.8) is 0 Å². The average Bonchev–Trinajstić information content (AvgIpc) is 2.34. The van der Waals surface area contributed by atoms with Gasteiger partial charge in [-0.05, 0) is 0 Å². The molecule has 8 nitrogen and oxygen atoms in total. The molecule has 0 aromatic carbocycles. The Hall–Kier alpha value is -1.25. The summed E-state index contributed by atoms with van der Waals surface area (Å²) in [6, 6.07) is 0. The highest BCUT2D eigenvalue weighted by Crippen LogP contribution is 2.23. The maximum absolute atomic E-state index is 9.94. The van der Waals surface area contributed by atoms with Gasteiger partial charge in [-0.25, -0.2) is 0 Å². The van der Waals surface area contributed by atoms with Crippen molar-refractivity contribution in [2.45, 2.75) is 12.2 Å². The quantitative estimate of drug-likeness (QED) is 0.470. The lowest BCUT2D eigenvalue weighted by Crippen LogP contribution is -2.33. The molecule has 1 fully saturated rings. The van der Waals surface area contributed by atoms with Crippen LogP contribution in [0.4, 0.5) is 0 Å². The lowest BCUT2D eigenvalue weighted by molar-refractivity contribution is -0.796. The fourth-order valence-electron chi connectivity index (χ4n) is 0.933. The standard InChI is InChI=1S/C4H6N2O6S/c7-5(8)11-3-1-13-2-4(3)12-6(9)10/h3-4H,1-2H2. The van der Waals surface area contributed by atoms with Crippen LogP contribution in [0, 0.1) is 20.2 Å². The highest BCUT2D eigenvalue weighted by molar-refractivity contribution is 7.99. The van der Waals surface area contributed by atoms with E-state index in [-0.39, 0.29) is 0 Å². The molecule has 2 unspecified atom stereocenters. The Morgan fingerprint density at radius 1 is 1.08 bits per heavy atom. The number of rotatable bonds is 4. The van der Waals surface area contributed by atoms with Gasteiger partial charge in [0.1, 0.15) is 12.2 Å². The van der Waals surface area contributed by atoms with Crippen LogP contribution in [0.15, 0.2) is 0 Å². The summed E-state index contributed by atoms with van der Waals surface area (Å²) in [6.45, 7) is 0. The summed E-state index contributed by atoms with van der Waals surface area (Å²) in [7, 11) is 0. The fourth-order valence-corrected chi connectivity index (χ4v) is 2.08. The highest BCUT2D eigenvalue weighted by atomic mass is 32.2. The van der Waals surface area contributed by atoms with E-state index < -0.39 is 22.4 Å². The summed E-state index contributed by atoms with van der Waals surface area (Å²) in [5.74, 6) is 0.666. The Labute approximate surface area is 76.4 Å². The highest BCUT2D eigenvalue weighted by Gasteiger charge is 2.33. The maximum Gasteiger partial charge on any atom is 0.294 e. The Bertz CT molecular complexity index is 201. The summed E-state index contributed by atoms with van der Waals surface area (Å²) in [4.78, 5) is 28.3. The van der Waals surface area contributed by atoms with Gasteiger partial charge < -0.3 is 9.68 Å². The van der Waals surface area contributed by atoms with Gasteiger partial charge in [0.25, 0.3) is 10.2 Å². The van der Waals surface area contributed by atoms with Crippen LogP contribution in [-0.2, 0) is 9.68 Å². The molecule has 0 aromatic rings. The van der Waals surface area contributed by atoms with E-state index in [2.05, 4.69) is 9.68 Å². The molecule has 1 saturated heterocycles. The maximum atomic E-state index is 9.94.